The molecule has 6 heteroatoms. The zero-order valence-corrected chi connectivity index (χ0v) is 12.0. The molecule has 0 saturated carbocycles. The van der Waals surface area contributed by atoms with Crippen molar-refractivity contribution in [3.63, 3.8) is 0 Å². The monoisotopic (exact) mass is 326 g/mol. The first kappa shape index (κ1) is 12.7. The van der Waals surface area contributed by atoms with Gasteiger partial charge >= 0.3 is 0 Å². The molecule has 3 rings (SSSR count). The second kappa shape index (κ2) is 5.02. The number of likely N-dealkylation sites (tertiary alicyclic amines) is 1. The Kier molecular flexibility index (Phi) is 3.36. The minimum absolute atomic E-state index is 0.0162. The highest BCUT2D eigenvalue weighted by atomic mass is 79.9. The highest BCUT2D eigenvalue weighted by Gasteiger charge is 2.27. The summed E-state index contributed by atoms with van der Waals surface area (Å²) in [5.74, 6) is 1.32. The molecule has 5 nitrogen and oxygen atoms in total. The third-order valence-corrected chi connectivity index (χ3v) is 4.16. The fraction of sp³-hybridized carbons (Fsp3) is 0.462. The van der Waals surface area contributed by atoms with Gasteiger partial charge in [0, 0.05) is 13.1 Å². The standard InChI is InChI=1S/C13H15BrN2O3/c14-10-3-8(4-11-12(10)19-7-18-11)5-16-2-1-9(6-16)13(15)17/h3-4,9H,1-2,5-7H2,(H2,15,17). The highest BCUT2D eigenvalue weighted by molar-refractivity contribution is 9.10. The van der Waals surface area contributed by atoms with Gasteiger partial charge in [0.15, 0.2) is 11.5 Å². The number of halogens is 1. The second-order valence-corrected chi connectivity index (χ2v) is 5.79. The maximum Gasteiger partial charge on any atom is 0.231 e. The lowest BCUT2D eigenvalue weighted by Crippen LogP contribution is -2.27. The Bertz CT molecular complexity index is 521. The van der Waals surface area contributed by atoms with Crippen LogP contribution in [0.5, 0.6) is 11.5 Å². The van der Waals surface area contributed by atoms with Gasteiger partial charge in [-0.15, -0.1) is 0 Å². The van der Waals surface area contributed by atoms with Gasteiger partial charge in [0.1, 0.15) is 0 Å². The number of hydrogen-bond donors (Lipinski definition) is 1. The maximum atomic E-state index is 11.2. The summed E-state index contributed by atoms with van der Waals surface area (Å²) in [6.07, 6.45) is 0.848. The average molecular weight is 327 g/mol. The molecule has 2 N–H and O–H groups in total. The summed E-state index contributed by atoms with van der Waals surface area (Å²) in [6.45, 7) is 2.70. The average Bonchev–Trinajstić information content (AvgIpc) is 2.97. The summed E-state index contributed by atoms with van der Waals surface area (Å²) >= 11 is 3.48. The minimum atomic E-state index is -0.200. The molecule has 1 aromatic rings. The van der Waals surface area contributed by atoms with Crippen LogP contribution in [0, 0.1) is 5.92 Å². The number of amides is 1. The van der Waals surface area contributed by atoms with Crippen LogP contribution in [-0.2, 0) is 11.3 Å². The van der Waals surface area contributed by atoms with E-state index in [0.29, 0.717) is 0 Å². The predicted molar refractivity (Wildman–Crippen MR) is 72.8 cm³/mol. The van der Waals surface area contributed by atoms with Crippen LogP contribution < -0.4 is 15.2 Å². The number of nitrogens with zero attached hydrogens (tertiary/aromatic N) is 1. The second-order valence-electron chi connectivity index (χ2n) is 4.93. The van der Waals surface area contributed by atoms with Gasteiger partial charge in [-0.25, -0.2) is 0 Å². The smallest absolute Gasteiger partial charge is 0.231 e. The Labute approximate surface area is 119 Å². The molecular formula is C13H15BrN2O3. The summed E-state index contributed by atoms with van der Waals surface area (Å²) in [5.41, 5.74) is 6.48. The van der Waals surface area contributed by atoms with Crippen molar-refractivity contribution in [2.45, 2.75) is 13.0 Å². The van der Waals surface area contributed by atoms with Crippen molar-refractivity contribution in [1.82, 2.24) is 4.90 Å². The van der Waals surface area contributed by atoms with E-state index in [1.807, 2.05) is 12.1 Å². The number of rotatable bonds is 3. The van der Waals surface area contributed by atoms with Gasteiger partial charge in [0.2, 0.25) is 12.7 Å². The van der Waals surface area contributed by atoms with Gasteiger partial charge in [-0.2, -0.15) is 0 Å². The van der Waals surface area contributed by atoms with Crippen LogP contribution in [0.1, 0.15) is 12.0 Å². The molecule has 0 aliphatic carbocycles. The molecular weight excluding hydrogens is 312 g/mol. The van der Waals surface area contributed by atoms with Crippen molar-refractivity contribution < 1.29 is 14.3 Å². The van der Waals surface area contributed by atoms with Crippen molar-refractivity contribution in [3.05, 3.63) is 22.2 Å². The van der Waals surface area contributed by atoms with Crippen LogP contribution in [0.3, 0.4) is 0 Å². The molecule has 1 saturated heterocycles. The summed E-state index contributed by atoms with van der Waals surface area (Å²) in [6, 6.07) is 4.02. The molecule has 2 aliphatic heterocycles. The predicted octanol–water partition coefficient (Wildman–Crippen LogP) is 1.48. The Balaban J connectivity index is 1.71. The van der Waals surface area contributed by atoms with E-state index >= 15 is 0 Å². The molecule has 1 atom stereocenters. The molecule has 0 radical (unpaired) electrons. The lowest BCUT2D eigenvalue weighted by atomic mass is 10.1. The molecule has 0 spiro atoms. The van der Waals surface area contributed by atoms with E-state index in [1.54, 1.807) is 0 Å². The molecule has 2 heterocycles. The fourth-order valence-electron chi connectivity index (χ4n) is 2.58. The van der Waals surface area contributed by atoms with E-state index in [4.69, 9.17) is 15.2 Å². The Morgan fingerprint density at radius 3 is 3.05 bits per heavy atom. The van der Waals surface area contributed by atoms with E-state index in [2.05, 4.69) is 20.8 Å². The van der Waals surface area contributed by atoms with E-state index in [-0.39, 0.29) is 18.6 Å². The zero-order chi connectivity index (χ0) is 13.4. The van der Waals surface area contributed by atoms with Crippen LogP contribution in [-0.4, -0.2) is 30.7 Å². The molecule has 102 valence electrons. The largest absolute Gasteiger partial charge is 0.454 e. The first-order valence-electron chi connectivity index (χ1n) is 6.23. The number of fused-ring (bicyclic) bond motifs is 1. The van der Waals surface area contributed by atoms with E-state index in [0.717, 1.165) is 47.6 Å². The van der Waals surface area contributed by atoms with Gasteiger partial charge < -0.3 is 15.2 Å². The number of ether oxygens (including phenoxy) is 2. The lowest BCUT2D eigenvalue weighted by molar-refractivity contribution is -0.121. The number of primary amides is 1. The van der Waals surface area contributed by atoms with Crippen LogP contribution in [0.15, 0.2) is 16.6 Å². The first-order valence-corrected chi connectivity index (χ1v) is 7.02. The number of carbonyl (C=O) groups excluding carboxylic acids is 1. The van der Waals surface area contributed by atoms with Crippen LogP contribution in [0.4, 0.5) is 0 Å². The van der Waals surface area contributed by atoms with Crippen LogP contribution in [0.25, 0.3) is 0 Å². The third-order valence-electron chi connectivity index (χ3n) is 3.57. The number of carbonyl (C=O) groups is 1. The van der Waals surface area contributed by atoms with Crippen LogP contribution in [0.2, 0.25) is 0 Å². The summed E-state index contributed by atoms with van der Waals surface area (Å²) in [5, 5.41) is 0. The molecule has 0 bridgehead atoms. The number of hydrogen-bond acceptors (Lipinski definition) is 4. The van der Waals surface area contributed by atoms with Gasteiger partial charge in [0.05, 0.1) is 10.4 Å². The van der Waals surface area contributed by atoms with E-state index in [1.165, 1.54) is 0 Å². The molecule has 1 unspecified atom stereocenters. The molecule has 19 heavy (non-hydrogen) atoms. The van der Waals surface area contributed by atoms with Gasteiger partial charge in [-0.3, -0.25) is 9.69 Å². The normalized spacial score (nSPS) is 21.8. The highest BCUT2D eigenvalue weighted by Crippen LogP contribution is 2.40. The van der Waals surface area contributed by atoms with E-state index < -0.39 is 0 Å². The van der Waals surface area contributed by atoms with E-state index in [9.17, 15) is 4.79 Å². The van der Waals surface area contributed by atoms with Crippen molar-refractivity contribution in [1.29, 1.82) is 0 Å². The van der Waals surface area contributed by atoms with Gasteiger partial charge in [0.25, 0.3) is 0 Å². The third kappa shape index (κ3) is 2.55. The number of benzene rings is 1. The molecule has 2 aliphatic rings. The van der Waals surface area contributed by atoms with Crippen molar-refractivity contribution in [2.24, 2.45) is 11.7 Å². The Morgan fingerprint density at radius 1 is 1.47 bits per heavy atom. The summed E-state index contributed by atoms with van der Waals surface area (Å²) < 4.78 is 11.7. The SMILES string of the molecule is NC(=O)C1CCN(Cc2cc(Br)c3c(c2)OCO3)C1. The lowest BCUT2D eigenvalue weighted by Gasteiger charge is -2.16. The van der Waals surface area contributed by atoms with Crippen molar-refractivity contribution in [3.8, 4) is 11.5 Å². The Morgan fingerprint density at radius 2 is 2.32 bits per heavy atom. The zero-order valence-electron chi connectivity index (χ0n) is 10.4. The van der Waals surface area contributed by atoms with Crippen LogP contribution >= 0.6 is 15.9 Å². The topological polar surface area (TPSA) is 64.8 Å². The molecule has 1 amide bonds. The van der Waals surface area contributed by atoms with Gasteiger partial charge in [-0.1, -0.05) is 0 Å². The fourth-order valence-corrected chi connectivity index (χ4v) is 3.18. The van der Waals surface area contributed by atoms with Crippen molar-refractivity contribution >= 4 is 21.8 Å². The summed E-state index contributed by atoms with van der Waals surface area (Å²) in [4.78, 5) is 13.4. The van der Waals surface area contributed by atoms with Crippen molar-refractivity contribution in [2.75, 3.05) is 19.9 Å². The maximum absolute atomic E-state index is 11.2. The summed E-state index contributed by atoms with van der Waals surface area (Å²) in [7, 11) is 0. The molecule has 1 fully saturated rings. The molecule has 1 aromatic carbocycles. The quantitative estimate of drug-likeness (QED) is 0.913. The molecule has 0 aromatic heterocycles. The van der Waals surface area contributed by atoms with Gasteiger partial charge in [-0.05, 0) is 46.6 Å². The Hall–Kier alpha value is -1.27. The minimum Gasteiger partial charge on any atom is -0.454 e. The number of nitrogens with two attached hydrogens (primary N) is 1. The first-order chi connectivity index (χ1) is 9.13.